The Kier molecular flexibility index (Phi) is 5.65. The lowest BCUT2D eigenvalue weighted by atomic mass is 9.85. The van der Waals surface area contributed by atoms with Crippen LogP contribution >= 0.6 is 0 Å². The number of anilines is 2. The van der Waals surface area contributed by atoms with E-state index < -0.39 is 11.5 Å². The molecule has 1 atom stereocenters. The molecule has 1 unspecified atom stereocenters. The van der Waals surface area contributed by atoms with Crippen LogP contribution < -0.4 is 15.4 Å². The zero-order chi connectivity index (χ0) is 19.4. The molecule has 1 saturated carbocycles. The van der Waals surface area contributed by atoms with Crippen molar-refractivity contribution >= 4 is 29.2 Å². The van der Waals surface area contributed by atoms with Gasteiger partial charge in [0.1, 0.15) is 18.0 Å². The van der Waals surface area contributed by atoms with E-state index in [2.05, 4.69) is 10.6 Å². The Bertz CT molecular complexity index is 742. The SMILES string of the molecule is COCC(=O)Nc1cc(NC(=O)C2CC(=O)OC23CCCC3)ccc1OC. The summed E-state index contributed by atoms with van der Waals surface area (Å²) in [5, 5.41) is 5.53. The van der Waals surface area contributed by atoms with Crippen molar-refractivity contribution < 1.29 is 28.6 Å². The molecule has 2 aliphatic rings. The predicted molar refractivity (Wildman–Crippen MR) is 97.5 cm³/mol. The fourth-order valence-electron chi connectivity index (χ4n) is 3.88. The van der Waals surface area contributed by atoms with E-state index in [1.165, 1.54) is 14.2 Å². The van der Waals surface area contributed by atoms with Gasteiger partial charge in [0.15, 0.2) is 0 Å². The fourth-order valence-corrected chi connectivity index (χ4v) is 3.88. The molecule has 1 aliphatic heterocycles. The first-order valence-electron chi connectivity index (χ1n) is 8.97. The zero-order valence-corrected chi connectivity index (χ0v) is 15.5. The number of amides is 2. The Balaban J connectivity index is 1.75. The fraction of sp³-hybridized carbons (Fsp3) is 0.526. The van der Waals surface area contributed by atoms with E-state index in [1.54, 1.807) is 18.2 Å². The van der Waals surface area contributed by atoms with E-state index in [0.717, 1.165) is 25.7 Å². The third-order valence-electron chi connectivity index (χ3n) is 5.11. The number of nitrogens with one attached hydrogen (secondary N) is 2. The maximum Gasteiger partial charge on any atom is 0.307 e. The van der Waals surface area contributed by atoms with Gasteiger partial charge in [-0.2, -0.15) is 0 Å². The van der Waals surface area contributed by atoms with Crippen LogP contribution in [0.3, 0.4) is 0 Å². The molecule has 2 amide bonds. The molecular formula is C19H24N2O6. The summed E-state index contributed by atoms with van der Waals surface area (Å²) in [6, 6.07) is 4.95. The number of rotatable bonds is 6. The summed E-state index contributed by atoms with van der Waals surface area (Å²) in [6.07, 6.45) is 3.44. The van der Waals surface area contributed by atoms with Gasteiger partial charge in [0.2, 0.25) is 11.8 Å². The molecule has 2 fully saturated rings. The molecule has 1 aromatic rings. The monoisotopic (exact) mass is 376 g/mol. The van der Waals surface area contributed by atoms with Crippen LogP contribution in [0, 0.1) is 5.92 Å². The second-order valence-electron chi connectivity index (χ2n) is 6.89. The van der Waals surface area contributed by atoms with Crippen LogP contribution in [0.2, 0.25) is 0 Å². The number of esters is 1. The summed E-state index contributed by atoms with van der Waals surface area (Å²) in [4.78, 5) is 36.4. The van der Waals surface area contributed by atoms with Gasteiger partial charge in [-0.25, -0.2) is 0 Å². The second kappa shape index (κ2) is 7.96. The molecule has 27 heavy (non-hydrogen) atoms. The summed E-state index contributed by atoms with van der Waals surface area (Å²) < 4.78 is 15.6. The van der Waals surface area contributed by atoms with Crippen molar-refractivity contribution in [2.24, 2.45) is 5.92 Å². The number of methoxy groups -OCH3 is 2. The van der Waals surface area contributed by atoms with Gasteiger partial charge < -0.3 is 24.8 Å². The van der Waals surface area contributed by atoms with Gasteiger partial charge >= 0.3 is 5.97 Å². The standard InChI is InChI=1S/C19H24N2O6/c1-25-11-16(22)21-14-9-12(5-6-15(14)26-2)20-18(24)13-10-17(23)27-19(13)7-3-4-8-19/h5-6,9,13H,3-4,7-8,10-11H2,1-2H3,(H,20,24)(H,21,22). The number of hydrogen-bond donors (Lipinski definition) is 2. The number of hydrogen-bond acceptors (Lipinski definition) is 6. The highest BCUT2D eigenvalue weighted by atomic mass is 16.6. The molecule has 8 heteroatoms. The Morgan fingerprint density at radius 1 is 1.22 bits per heavy atom. The highest BCUT2D eigenvalue weighted by molar-refractivity contribution is 5.99. The van der Waals surface area contributed by atoms with Gasteiger partial charge in [-0.1, -0.05) is 0 Å². The van der Waals surface area contributed by atoms with Crippen molar-refractivity contribution in [2.45, 2.75) is 37.7 Å². The quantitative estimate of drug-likeness (QED) is 0.737. The second-order valence-corrected chi connectivity index (χ2v) is 6.89. The van der Waals surface area contributed by atoms with E-state index in [9.17, 15) is 14.4 Å². The van der Waals surface area contributed by atoms with Crippen LogP contribution in [-0.2, 0) is 23.9 Å². The van der Waals surface area contributed by atoms with Gasteiger partial charge in [0.05, 0.1) is 25.1 Å². The molecule has 1 heterocycles. The number of ether oxygens (including phenoxy) is 3. The van der Waals surface area contributed by atoms with Crippen molar-refractivity contribution in [1.82, 2.24) is 0 Å². The van der Waals surface area contributed by atoms with Gasteiger partial charge in [-0.3, -0.25) is 14.4 Å². The van der Waals surface area contributed by atoms with Crippen LogP contribution in [0.15, 0.2) is 18.2 Å². The topological polar surface area (TPSA) is 103 Å². The van der Waals surface area contributed by atoms with Crippen molar-refractivity contribution in [3.05, 3.63) is 18.2 Å². The number of benzene rings is 1. The lowest BCUT2D eigenvalue weighted by Crippen LogP contribution is -2.39. The molecular weight excluding hydrogens is 352 g/mol. The first-order chi connectivity index (χ1) is 13.0. The molecule has 1 aromatic carbocycles. The van der Waals surface area contributed by atoms with Gasteiger partial charge in [0.25, 0.3) is 0 Å². The first-order valence-corrected chi connectivity index (χ1v) is 8.97. The van der Waals surface area contributed by atoms with Crippen molar-refractivity contribution in [3.8, 4) is 5.75 Å². The van der Waals surface area contributed by atoms with E-state index in [1.807, 2.05) is 0 Å². The van der Waals surface area contributed by atoms with Gasteiger partial charge in [-0.15, -0.1) is 0 Å². The van der Waals surface area contributed by atoms with E-state index >= 15 is 0 Å². The molecule has 2 N–H and O–H groups in total. The van der Waals surface area contributed by atoms with Crippen molar-refractivity contribution in [2.75, 3.05) is 31.5 Å². The third kappa shape index (κ3) is 4.05. The molecule has 3 rings (SSSR count). The Morgan fingerprint density at radius 3 is 2.63 bits per heavy atom. The molecule has 1 aliphatic carbocycles. The minimum atomic E-state index is -0.664. The molecule has 0 aromatic heterocycles. The van der Waals surface area contributed by atoms with Gasteiger partial charge in [-0.05, 0) is 43.9 Å². The maximum atomic E-state index is 12.8. The minimum Gasteiger partial charge on any atom is -0.495 e. The molecule has 1 spiro atoms. The molecule has 0 radical (unpaired) electrons. The summed E-state index contributed by atoms with van der Waals surface area (Å²) >= 11 is 0. The largest absolute Gasteiger partial charge is 0.495 e. The zero-order valence-electron chi connectivity index (χ0n) is 15.5. The third-order valence-corrected chi connectivity index (χ3v) is 5.11. The summed E-state index contributed by atoms with van der Waals surface area (Å²) in [5.41, 5.74) is 0.260. The van der Waals surface area contributed by atoms with Crippen LogP contribution in [0.5, 0.6) is 5.75 Å². The average Bonchev–Trinajstić information content (AvgIpc) is 3.22. The molecule has 0 bridgehead atoms. The maximum absolute atomic E-state index is 12.8. The predicted octanol–water partition coefficient (Wildman–Crippen LogP) is 2.09. The van der Waals surface area contributed by atoms with Crippen LogP contribution in [0.1, 0.15) is 32.1 Å². The Morgan fingerprint density at radius 2 is 1.96 bits per heavy atom. The number of carbonyl (C=O) groups excluding carboxylic acids is 3. The summed E-state index contributed by atoms with van der Waals surface area (Å²) in [6.45, 7) is -0.0935. The molecule has 8 nitrogen and oxygen atoms in total. The summed E-state index contributed by atoms with van der Waals surface area (Å²) in [5.74, 6) is -0.939. The molecule has 1 saturated heterocycles. The smallest absolute Gasteiger partial charge is 0.307 e. The lowest BCUT2D eigenvalue weighted by Gasteiger charge is -2.28. The Hall–Kier alpha value is -2.61. The minimum absolute atomic E-state index is 0.0935. The van der Waals surface area contributed by atoms with Crippen molar-refractivity contribution in [1.29, 1.82) is 0 Å². The van der Waals surface area contributed by atoms with Crippen LogP contribution in [0.4, 0.5) is 11.4 Å². The lowest BCUT2D eigenvalue weighted by molar-refractivity contribution is -0.149. The normalized spacial score (nSPS) is 20.4. The molecule has 146 valence electrons. The van der Waals surface area contributed by atoms with E-state index in [0.29, 0.717) is 17.1 Å². The number of carbonyl (C=O) groups is 3. The van der Waals surface area contributed by atoms with E-state index in [-0.39, 0.29) is 30.8 Å². The first kappa shape index (κ1) is 19.2. The van der Waals surface area contributed by atoms with E-state index in [4.69, 9.17) is 14.2 Å². The Labute approximate surface area is 157 Å². The van der Waals surface area contributed by atoms with Crippen LogP contribution in [-0.4, -0.2) is 44.2 Å². The average molecular weight is 376 g/mol. The summed E-state index contributed by atoms with van der Waals surface area (Å²) in [7, 11) is 2.92. The van der Waals surface area contributed by atoms with Crippen molar-refractivity contribution in [3.63, 3.8) is 0 Å². The van der Waals surface area contributed by atoms with Gasteiger partial charge in [0, 0.05) is 12.8 Å². The van der Waals surface area contributed by atoms with Crippen LogP contribution in [0.25, 0.3) is 0 Å². The highest BCUT2D eigenvalue weighted by Crippen LogP contribution is 2.46. The highest BCUT2D eigenvalue weighted by Gasteiger charge is 2.53.